The maximum atomic E-state index is 9.75. The third-order valence-corrected chi connectivity index (χ3v) is 10.7. The van der Waals surface area contributed by atoms with Crippen LogP contribution in [-0.2, 0) is 13.1 Å². The lowest BCUT2D eigenvalue weighted by Gasteiger charge is -2.24. The fourth-order valence-corrected chi connectivity index (χ4v) is 8.23. The van der Waals surface area contributed by atoms with Gasteiger partial charge in [-0.3, -0.25) is 0 Å². The summed E-state index contributed by atoms with van der Waals surface area (Å²) >= 11 is 0. The van der Waals surface area contributed by atoms with Gasteiger partial charge >= 0.3 is 0 Å². The summed E-state index contributed by atoms with van der Waals surface area (Å²) < 4.78 is 4.55. The molecule has 0 amide bonds. The number of nitrogens with zero attached hydrogens (tertiary/aromatic N) is 6. The number of anilines is 1. The van der Waals surface area contributed by atoms with E-state index in [9.17, 15) is 15.8 Å². The highest BCUT2D eigenvalue weighted by Crippen LogP contribution is 2.41. The van der Waals surface area contributed by atoms with Crippen molar-refractivity contribution in [1.29, 1.82) is 15.8 Å². The van der Waals surface area contributed by atoms with E-state index in [1.807, 2.05) is 48.5 Å². The Balaban J connectivity index is 1.23. The molecule has 0 saturated heterocycles. The molecule has 0 bridgehead atoms. The monoisotopic (exact) mass is 676 g/mol. The molecule has 6 nitrogen and oxygen atoms in total. The summed E-state index contributed by atoms with van der Waals surface area (Å²) in [5, 5.41) is 33.3. The van der Waals surface area contributed by atoms with Gasteiger partial charge in [-0.2, -0.15) is 15.8 Å². The van der Waals surface area contributed by atoms with Crippen LogP contribution in [0.3, 0.4) is 0 Å². The van der Waals surface area contributed by atoms with E-state index in [-0.39, 0.29) is 0 Å². The summed E-state index contributed by atoms with van der Waals surface area (Å²) in [4.78, 5) is 2.43. The van der Waals surface area contributed by atoms with E-state index in [1.54, 1.807) is 0 Å². The molecule has 246 valence electrons. The standard InChI is InChI=1S/C47H28N6/c48-25-30-10-17-45-41(20-30)38-8-4-5-9-44(38)52(45)36-15-13-33-28-51(35-6-2-1-3-7-35)29-34-14-16-37(24-40(34)39(33)23-36)53-46-18-11-31(26-49)21-42(46)43-22-32(27-50)12-19-47(43)53/h1-24H,28-29H2. The number of aromatic nitrogens is 2. The average molecular weight is 677 g/mol. The van der Waals surface area contributed by atoms with Gasteiger partial charge in [0.2, 0.25) is 0 Å². The van der Waals surface area contributed by atoms with Crippen molar-refractivity contribution in [2.75, 3.05) is 4.90 Å². The molecular formula is C47H28N6. The molecule has 7 aromatic carbocycles. The summed E-state index contributed by atoms with van der Waals surface area (Å²) in [6.07, 6.45) is 0. The number of rotatable bonds is 3. The van der Waals surface area contributed by atoms with E-state index in [1.165, 1.54) is 16.8 Å². The van der Waals surface area contributed by atoms with Gasteiger partial charge in [-0.1, -0.05) is 48.5 Å². The van der Waals surface area contributed by atoms with Crippen LogP contribution in [0, 0.1) is 34.0 Å². The molecule has 0 saturated carbocycles. The van der Waals surface area contributed by atoms with Crippen LogP contribution in [0.2, 0.25) is 0 Å². The van der Waals surface area contributed by atoms with Crippen molar-refractivity contribution in [3.8, 4) is 40.7 Å². The second-order valence-corrected chi connectivity index (χ2v) is 13.6. The highest BCUT2D eigenvalue weighted by Gasteiger charge is 2.23. The summed E-state index contributed by atoms with van der Waals surface area (Å²) in [6, 6.07) is 56.9. The fraction of sp³-hybridized carbons (Fsp3) is 0.0426. The molecule has 0 N–H and O–H groups in total. The first-order valence-electron chi connectivity index (χ1n) is 17.5. The van der Waals surface area contributed by atoms with Crippen molar-refractivity contribution in [2.24, 2.45) is 0 Å². The quantitative estimate of drug-likeness (QED) is 0.186. The van der Waals surface area contributed by atoms with E-state index >= 15 is 0 Å². The van der Waals surface area contributed by atoms with Crippen LogP contribution in [-0.4, -0.2) is 9.13 Å². The Morgan fingerprint density at radius 2 is 0.811 bits per heavy atom. The Morgan fingerprint density at radius 3 is 1.30 bits per heavy atom. The minimum absolute atomic E-state index is 0.581. The van der Waals surface area contributed by atoms with Crippen molar-refractivity contribution in [2.45, 2.75) is 13.1 Å². The lowest BCUT2D eigenvalue weighted by Crippen LogP contribution is -2.20. The van der Waals surface area contributed by atoms with E-state index in [4.69, 9.17) is 0 Å². The second-order valence-electron chi connectivity index (χ2n) is 13.6. The Labute approximate surface area is 305 Å². The van der Waals surface area contributed by atoms with Gasteiger partial charge in [0.25, 0.3) is 0 Å². The van der Waals surface area contributed by atoms with Crippen molar-refractivity contribution >= 4 is 49.3 Å². The van der Waals surface area contributed by atoms with Gasteiger partial charge in [-0.05, 0) is 119 Å². The van der Waals surface area contributed by atoms with Gasteiger partial charge in [0.1, 0.15) is 0 Å². The zero-order valence-corrected chi connectivity index (χ0v) is 28.5. The van der Waals surface area contributed by atoms with Crippen LogP contribution >= 0.6 is 0 Å². The molecule has 0 atom stereocenters. The molecule has 0 aliphatic carbocycles. The summed E-state index contributed by atoms with van der Waals surface area (Å²) in [5.41, 5.74) is 13.9. The first kappa shape index (κ1) is 30.3. The summed E-state index contributed by atoms with van der Waals surface area (Å²) in [6.45, 7) is 1.48. The molecular weight excluding hydrogens is 649 g/mol. The van der Waals surface area contributed by atoms with Gasteiger partial charge in [-0.25, -0.2) is 0 Å². The molecule has 2 aromatic heterocycles. The van der Waals surface area contributed by atoms with Crippen molar-refractivity contribution in [3.05, 3.63) is 173 Å². The first-order chi connectivity index (χ1) is 26.1. The number of hydrogen-bond donors (Lipinski definition) is 0. The van der Waals surface area contributed by atoms with Gasteiger partial charge in [0, 0.05) is 51.7 Å². The zero-order valence-electron chi connectivity index (χ0n) is 28.5. The Morgan fingerprint density at radius 1 is 0.377 bits per heavy atom. The van der Waals surface area contributed by atoms with Crippen molar-refractivity contribution < 1.29 is 0 Å². The normalized spacial score (nSPS) is 12.3. The topological polar surface area (TPSA) is 84.5 Å². The second kappa shape index (κ2) is 11.7. The largest absolute Gasteiger partial charge is 0.363 e. The Bertz CT molecular complexity index is 3040. The molecule has 3 heterocycles. The van der Waals surface area contributed by atoms with Gasteiger partial charge < -0.3 is 14.0 Å². The summed E-state index contributed by atoms with van der Waals surface area (Å²) in [5.74, 6) is 0. The first-order valence-corrected chi connectivity index (χ1v) is 17.5. The number of nitriles is 3. The smallest absolute Gasteiger partial charge is 0.0991 e. The number of hydrogen-bond acceptors (Lipinski definition) is 4. The molecule has 6 heteroatoms. The molecule has 0 spiro atoms. The van der Waals surface area contributed by atoms with Crippen LogP contribution in [0.25, 0.3) is 66.1 Å². The van der Waals surface area contributed by atoms with Crippen LogP contribution in [0.5, 0.6) is 0 Å². The average Bonchev–Trinajstić information content (AvgIpc) is 3.66. The minimum Gasteiger partial charge on any atom is -0.363 e. The Hall–Kier alpha value is -7.59. The summed E-state index contributed by atoms with van der Waals surface area (Å²) in [7, 11) is 0. The highest BCUT2D eigenvalue weighted by atomic mass is 15.1. The van der Waals surface area contributed by atoms with E-state index in [2.05, 4.69) is 129 Å². The van der Waals surface area contributed by atoms with Crippen LogP contribution in [0.1, 0.15) is 27.8 Å². The zero-order chi connectivity index (χ0) is 35.6. The van der Waals surface area contributed by atoms with Crippen molar-refractivity contribution in [1.82, 2.24) is 9.13 Å². The lowest BCUT2D eigenvalue weighted by molar-refractivity contribution is 0.812. The van der Waals surface area contributed by atoms with Crippen molar-refractivity contribution in [3.63, 3.8) is 0 Å². The third kappa shape index (κ3) is 4.70. The molecule has 9 aromatic rings. The van der Waals surface area contributed by atoms with E-state index in [0.717, 1.165) is 79.2 Å². The number of benzene rings is 7. The Kier molecular flexibility index (Phi) is 6.70. The molecule has 1 aliphatic heterocycles. The van der Waals surface area contributed by atoms with Crippen LogP contribution < -0.4 is 4.90 Å². The molecule has 0 fully saturated rings. The predicted molar refractivity (Wildman–Crippen MR) is 211 cm³/mol. The van der Waals surface area contributed by atoms with Crippen LogP contribution in [0.4, 0.5) is 5.69 Å². The third-order valence-electron chi connectivity index (χ3n) is 10.7. The molecule has 1 aliphatic rings. The highest BCUT2D eigenvalue weighted by molar-refractivity contribution is 6.11. The predicted octanol–water partition coefficient (Wildman–Crippen LogP) is 10.7. The van der Waals surface area contributed by atoms with Gasteiger partial charge in [0.15, 0.2) is 0 Å². The van der Waals surface area contributed by atoms with E-state index in [0.29, 0.717) is 16.7 Å². The lowest BCUT2D eigenvalue weighted by atomic mass is 9.95. The molecule has 0 radical (unpaired) electrons. The molecule has 0 unspecified atom stereocenters. The molecule has 53 heavy (non-hydrogen) atoms. The number of para-hydroxylation sites is 2. The van der Waals surface area contributed by atoms with E-state index < -0.39 is 0 Å². The maximum absolute atomic E-state index is 9.75. The fourth-order valence-electron chi connectivity index (χ4n) is 8.23. The SMILES string of the molecule is N#Cc1ccc2c(c1)c1ccccc1n2-c1ccc2c(c1)-c1cc(-n3c4ccc(C#N)cc4c4cc(C#N)ccc43)ccc1CN(c1ccccc1)C2. The van der Waals surface area contributed by atoms with Gasteiger partial charge in [-0.15, -0.1) is 0 Å². The van der Waals surface area contributed by atoms with Gasteiger partial charge in [0.05, 0.1) is 57.0 Å². The molecule has 10 rings (SSSR count). The number of fused-ring (bicyclic) bond motifs is 9. The van der Waals surface area contributed by atoms with Crippen LogP contribution in [0.15, 0.2) is 146 Å². The minimum atomic E-state index is 0.581. The maximum Gasteiger partial charge on any atom is 0.0991 e.